The summed E-state index contributed by atoms with van der Waals surface area (Å²) in [4.78, 5) is 28.1. The third kappa shape index (κ3) is 6.92. The minimum atomic E-state index is -4.09. The quantitative estimate of drug-likeness (QED) is 0.398. The van der Waals surface area contributed by atoms with Gasteiger partial charge in [-0.1, -0.05) is 42.0 Å². The lowest BCUT2D eigenvalue weighted by molar-refractivity contribution is -0.139. The third-order valence-electron chi connectivity index (χ3n) is 6.21. The zero-order valence-corrected chi connectivity index (χ0v) is 23.3. The molecule has 202 valence electrons. The van der Waals surface area contributed by atoms with Gasteiger partial charge < -0.3 is 15.0 Å². The summed E-state index contributed by atoms with van der Waals surface area (Å²) < 4.78 is 34.0. The van der Waals surface area contributed by atoms with E-state index in [0.717, 1.165) is 21.0 Å². The Morgan fingerprint density at radius 3 is 2.18 bits per heavy atom. The average Bonchev–Trinajstić information content (AvgIpc) is 2.90. The van der Waals surface area contributed by atoms with Gasteiger partial charge in [-0.05, 0) is 75.2 Å². The minimum absolute atomic E-state index is 0.0795. The number of carbonyl (C=O) groups is 2. The zero-order valence-electron chi connectivity index (χ0n) is 22.5. The van der Waals surface area contributed by atoms with Crippen molar-refractivity contribution < 1.29 is 22.7 Å². The van der Waals surface area contributed by atoms with Gasteiger partial charge in [0.15, 0.2) is 0 Å². The van der Waals surface area contributed by atoms with E-state index in [1.165, 1.54) is 17.0 Å². The van der Waals surface area contributed by atoms with Crippen LogP contribution in [0.15, 0.2) is 77.7 Å². The van der Waals surface area contributed by atoms with Crippen molar-refractivity contribution in [1.82, 2.24) is 10.2 Å². The highest BCUT2D eigenvalue weighted by atomic mass is 32.2. The van der Waals surface area contributed by atoms with E-state index in [4.69, 9.17) is 4.74 Å². The molecule has 1 N–H and O–H groups in total. The number of rotatable bonds is 11. The van der Waals surface area contributed by atoms with Gasteiger partial charge in [-0.3, -0.25) is 13.9 Å². The summed E-state index contributed by atoms with van der Waals surface area (Å²) in [6.07, 6.45) is 0. The molecule has 38 heavy (non-hydrogen) atoms. The number of carbonyl (C=O) groups excluding carboxylic acids is 2. The van der Waals surface area contributed by atoms with Gasteiger partial charge in [-0.15, -0.1) is 0 Å². The topological polar surface area (TPSA) is 96.0 Å². The second-order valence-electron chi connectivity index (χ2n) is 9.10. The maximum Gasteiger partial charge on any atom is 0.264 e. The highest BCUT2D eigenvalue weighted by Gasteiger charge is 2.32. The number of aryl methyl sites for hydroxylation is 2. The first-order chi connectivity index (χ1) is 18.1. The summed E-state index contributed by atoms with van der Waals surface area (Å²) in [5, 5.41) is 2.75. The average molecular weight is 538 g/mol. The van der Waals surface area contributed by atoms with E-state index in [1.807, 2.05) is 32.0 Å². The van der Waals surface area contributed by atoms with Crippen molar-refractivity contribution in [2.45, 2.75) is 45.2 Å². The third-order valence-corrected chi connectivity index (χ3v) is 8.00. The van der Waals surface area contributed by atoms with Crippen LogP contribution in [-0.4, -0.2) is 51.4 Å². The molecule has 0 aliphatic rings. The molecule has 0 heterocycles. The molecule has 0 aromatic heterocycles. The molecule has 0 bridgehead atoms. The van der Waals surface area contributed by atoms with Crippen LogP contribution in [0.2, 0.25) is 0 Å². The molecule has 0 saturated heterocycles. The molecule has 0 aliphatic carbocycles. The number of hydrogen-bond acceptors (Lipinski definition) is 5. The minimum Gasteiger partial charge on any atom is -0.497 e. The molecular weight excluding hydrogens is 502 g/mol. The van der Waals surface area contributed by atoms with Gasteiger partial charge in [0.25, 0.3) is 10.0 Å². The second-order valence-corrected chi connectivity index (χ2v) is 11.0. The molecule has 0 fully saturated rings. The standard InChI is InChI=1S/C29H35N3O5S/c1-6-30-29(34)23(4)31(19-24-12-14-26(37-5)15-13-24)28(33)20-32(25-9-7-8-22(3)18-25)38(35,36)27-16-10-21(2)11-17-27/h7-18,23H,6,19-20H2,1-5H3,(H,30,34)/t23-/m1/s1. The second kappa shape index (κ2) is 12.6. The maximum atomic E-state index is 13.8. The van der Waals surface area contributed by atoms with E-state index in [0.29, 0.717) is 18.0 Å². The molecule has 0 unspecified atom stereocenters. The molecule has 8 nitrogen and oxygen atoms in total. The van der Waals surface area contributed by atoms with Crippen LogP contribution in [0, 0.1) is 13.8 Å². The van der Waals surface area contributed by atoms with Gasteiger partial charge in [0.2, 0.25) is 11.8 Å². The van der Waals surface area contributed by atoms with E-state index in [9.17, 15) is 18.0 Å². The molecule has 1 atom stereocenters. The highest BCUT2D eigenvalue weighted by Crippen LogP contribution is 2.26. The first-order valence-electron chi connectivity index (χ1n) is 12.4. The Morgan fingerprint density at radius 2 is 1.61 bits per heavy atom. The predicted octanol–water partition coefficient (Wildman–Crippen LogP) is 4.06. The van der Waals surface area contributed by atoms with E-state index in [1.54, 1.807) is 63.4 Å². The molecule has 2 amide bonds. The van der Waals surface area contributed by atoms with Gasteiger partial charge >= 0.3 is 0 Å². The molecule has 0 saturated carbocycles. The lowest BCUT2D eigenvalue weighted by atomic mass is 10.1. The number of anilines is 1. The molecule has 0 spiro atoms. The zero-order chi connectivity index (χ0) is 27.9. The van der Waals surface area contributed by atoms with Crippen LogP contribution in [0.5, 0.6) is 5.75 Å². The Hall–Kier alpha value is -3.85. The molecule has 0 radical (unpaired) electrons. The SMILES string of the molecule is CCNC(=O)[C@@H](C)N(Cc1ccc(OC)cc1)C(=O)CN(c1cccc(C)c1)S(=O)(=O)c1ccc(C)cc1. The van der Waals surface area contributed by atoms with Crippen molar-refractivity contribution in [3.05, 3.63) is 89.5 Å². The van der Waals surface area contributed by atoms with Crippen LogP contribution in [0.1, 0.15) is 30.5 Å². The lowest BCUT2D eigenvalue weighted by Gasteiger charge is -2.32. The summed E-state index contributed by atoms with van der Waals surface area (Å²) in [6.45, 7) is 7.22. The van der Waals surface area contributed by atoms with Gasteiger partial charge in [0, 0.05) is 13.1 Å². The van der Waals surface area contributed by atoms with Crippen molar-refractivity contribution >= 4 is 27.5 Å². The number of hydrogen-bond donors (Lipinski definition) is 1. The molecule has 3 rings (SSSR count). The molecular formula is C29H35N3O5S. The smallest absolute Gasteiger partial charge is 0.264 e. The highest BCUT2D eigenvalue weighted by molar-refractivity contribution is 7.92. The van der Waals surface area contributed by atoms with Gasteiger partial charge in [-0.2, -0.15) is 0 Å². The van der Waals surface area contributed by atoms with Crippen LogP contribution in [0.25, 0.3) is 0 Å². The maximum absolute atomic E-state index is 13.8. The lowest BCUT2D eigenvalue weighted by Crippen LogP contribution is -2.51. The van der Waals surface area contributed by atoms with E-state index in [2.05, 4.69) is 5.32 Å². The number of methoxy groups -OCH3 is 1. The fraction of sp³-hybridized carbons (Fsp3) is 0.310. The molecule has 3 aromatic carbocycles. The Morgan fingerprint density at radius 1 is 0.947 bits per heavy atom. The Kier molecular flexibility index (Phi) is 9.52. The largest absolute Gasteiger partial charge is 0.497 e. The van der Waals surface area contributed by atoms with Crippen LogP contribution in [0.4, 0.5) is 5.69 Å². The number of benzene rings is 3. The van der Waals surface area contributed by atoms with Gasteiger partial charge in [0.05, 0.1) is 17.7 Å². The molecule has 9 heteroatoms. The number of nitrogens with zero attached hydrogens (tertiary/aromatic N) is 2. The van der Waals surface area contributed by atoms with Crippen molar-refractivity contribution in [2.75, 3.05) is 24.5 Å². The number of nitrogens with one attached hydrogen (secondary N) is 1. The number of ether oxygens (including phenoxy) is 1. The predicted molar refractivity (Wildman–Crippen MR) is 149 cm³/mol. The fourth-order valence-electron chi connectivity index (χ4n) is 3.98. The Labute approximate surface area is 225 Å². The van der Waals surface area contributed by atoms with Crippen LogP contribution >= 0.6 is 0 Å². The monoisotopic (exact) mass is 537 g/mol. The van der Waals surface area contributed by atoms with Crippen LogP contribution < -0.4 is 14.4 Å². The first kappa shape index (κ1) is 28.7. The van der Waals surface area contributed by atoms with E-state index < -0.39 is 28.5 Å². The van der Waals surface area contributed by atoms with Crippen LogP contribution in [0.3, 0.4) is 0 Å². The Bertz CT molecular complexity index is 1360. The van der Waals surface area contributed by atoms with Gasteiger partial charge in [-0.25, -0.2) is 8.42 Å². The number of amides is 2. The summed E-state index contributed by atoms with van der Waals surface area (Å²) in [7, 11) is -2.52. The summed E-state index contributed by atoms with van der Waals surface area (Å²) in [5.74, 6) is -0.159. The summed E-state index contributed by atoms with van der Waals surface area (Å²) >= 11 is 0. The van der Waals surface area contributed by atoms with Crippen molar-refractivity contribution in [3.63, 3.8) is 0 Å². The molecule has 0 aliphatic heterocycles. The summed E-state index contributed by atoms with van der Waals surface area (Å²) in [5.41, 5.74) is 2.92. The van der Waals surface area contributed by atoms with E-state index in [-0.39, 0.29) is 17.3 Å². The van der Waals surface area contributed by atoms with Gasteiger partial charge in [0.1, 0.15) is 18.3 Å². The van der Waals surface area contributed by atoms with Crippen LogP contribution in [-0.2, 0) is 26.2 Å². The van der Waals surface area contributed by atoms with Crippen molar-refractivity contribution in [1.29, 1.82) is 0 Å². The first-order valence-corrected chi connectivity index (χ1v) is 13.9. The number of sulfonamides is 1. The Balaban J connectivity index is 2.02. The molecule has 3 aromatic rings. The van der Waals surface area contributed by atoms with E-state index >= 15 is 0 Å². The fourth-order valence-corrected chi connectivity index (χ4v) is 5.39. The van der Waals surface area contributed by atoms with Crippen molar-refractivity contribution in [2.24, 2.45) is 0 Å². The summed E-state index contributed by atoms with van der Waals surface area (Å²) in [6, 6.07) is 19.8. The van der Waals surface area contributed by atoms with Crippen molar-refractivity contribution in [3.8, 4) is 5.75 Å². The number of likely N-dealkylation sites (N-methyl/N-ethyl adjacent to an activating group) is 1. The normalized spacial score (nSPS) is 11.9.